The van der Waals surface area contributed by atoms with Gasteiger partial charge in [-0.2, -0.15) is 0 Å². The van der Waals surface area contributed by atoms with E-state index in [2.05, 4.69) is 98.8 Å². The van der Waals surface area contributed by atoms with Crippen molar-refractivity contribution in [2.75, 3.05) is 0 Å². The largest absolute Gasteiger partial charge is 0.256 e. The summed E-state index contributed by atoms with van der Waals surface area (Å²) in [6.07, 6.45) is 10.9. The lowest BCUT2D eigenvalue weighted by atomic mass is 9.99. The van der Waals surface area contributed by atoms with Crippen LogP contribution in [0.4, 0.5) is 0 Å². The second-order valence-electron chi connectivity index (χ2n) is 9.26. The van der Waals surface area contributed by atoms with Gasteiger partial charge in [0.25, 0.3) is 0 Å². The molecule has 0 atom stereocenters. The van der Waals surface area contributed by atoms with Gasteiger partial charge in [0.05, 0.1) is 5.69 Å². The summed E-state index contributed by atoms with van der Waals surface area (Å²) in [7, 11) is 0. The van der Waals surface area contributed by atoms with E-state index < -0.39 is 0 Å². The van der Waals surface area contributed by atoms with Gasteiger partial charge in [-0.3, -0.25) is 4.98 Å². The molecule has 0 aliphatic rings. The molecule has 168 valence electrons. The first-order valence-corrected chi connectivity index (χ1v) is 12.4. The zero-order valence-corrected chi connectivity index (χ0v) is 20.1. The highest BCUT2D eigenvalue weighted by molar-refractivity contribution is 5.68. The molecule has 0 bridgehead atoms. The summed E-state index contributed by atoms with van der Waals surface area (Å²) in [5.74, 6) is 0. The van der Waals surface area contributed by atoms with Crippen LogP contribution in [0.15, 0.2) is 91.1 Å². The van der Waals surface area contributed by atoms with Crippen molar-refractivity contribution in [3.8, 4) is 22.4 Å². The molecule has 0 amide bonds. The smallest absolute Gasteiger partial charge is 0.0702 e. The Balaban J connectivity index is 1.26. The van der Waals surface area contributed by atoms with Crippen molar-refractivity contribution >= 4 is 0 Å². The topological polar surface area (TPSA) is 12.9 Å². The van der Waals surface area contributed by atoms with Gasteiger partial charge in [0, 0.05) is 17.3 Å². The monoisotopic (exact) mass is 433 g/mol. The maximum absolute atomic E-state index is 4.76. The third kappa shape index (κ3) is 6.89. The fourth-order valence-electron chi connectivity index (χ4n) is 4.60. The molecule has 4 aromatic rings. The van der Waals surface area contributed by atoms with E-state index in [1.165, 1.54) is 77.5 Å². The summed E-state index contributed by atoms with van der Waals surface area (Å²) < 4.78 is 0. The predicted molar refractivity (Wildman–Crippen MR) is 142 cm³/mol. The molecule has 1 heterocycles. The first-order chi connectivity index (χ1) is 16.2. The molecule has 1 nitrogen and oxygen atoms in total. The van der Waals surface area contributed by atoms with Crippen LogP contribution in [-0.4, -0.2) is 4.98 Å². The van der Waals surface area contributed by atoms with Crippen LogP contribution in [0, 0.1) is 13.8 Å². The average molecular weight is 434 g/mol. The number of benzene rings is 3. The first kappa shape index (κ1) is 23.0. The van der Waals surface area contributed by atoms with Crippen LogP contribution in [0.25, 0.3) is 22.4 Å². The molecule has 1 heteroatoms. The number of aromatic nitrogens is 1. The molecule has 0 unspecified atom stereocenters. The molecule has 0 aliphatic carbocycles. The zero-order valence-electron chi connectivity index (χ0n) is 20.1. The highest BCUT2D eigenvalue weighted by Gasteiger charge is 2.04. The van der Waals surface area contributed by atoms with Gasteiger partial charge in [-0.15, -0.1) is 0 Å². The van der Waals surface area contributed by atoms with E-state index in [4.69, 9.17) is 4.98 Å². The third-order valence-electron chi connectivity index (χ3n) is 6.31. The molecule has 1 aromatic heterocycles. The zero-order chi connectivity index (χ0) is 22.9. The van der Waals surface area contributed by atoms with Gasteiger partial charge >= 0.3 is 0 Å². The average Bonchev–Trinajstić information content (AvgIpc) is 2.84. The Morgan fingerprint density at radius 2 is 1.18 bits per heavy atom. The second kappa shape index (κ2) is 11.6. The highest BCUT2D eigenvalue weighted by Crippen LogP contribution is 2.25. The lowest BCUT2D eigenvalue weighted by Gasteiger charge is -2.08. The van der Waals surface area contributed by atoms with Gasteiger partial charge < -0.3 is 0 Å². The quantitative estimate of drug-likeness (QED) is 0.228. The fraction of sp³-hybridized carbons (Fsp3) is 0.281. The molecular formula is C32H35N. The molecule has 0 saturated heterocycles. The number of hydrogen-bond donors (Lipinski definition) is 0. The molecule has 0 N–H and O–H groups in total. The van der Waals surface area contributed by atoms with Crippen LogP contribution in [0.2, 0.25) is 0 Å². The molecule has 33 heavy (non-hydrogen) atoms. The SMILES string of the molecule is Cc1cc(C)cc(-c2ccc(-c3cccc(CCCCCCCc4ccccc4)c3)cn2)c1. The normalized spacial score (nSPS) is 11.0. The molecular weight excluding hydrogens is 398 g/mol. The Kier molecular flexibility index (Phi) is 8.09. The van der Waals surface area contributed by atoms with Gasteiger partial charge in [-0.25, -0.2) is 0 Å². The van der Waals surface area contributed by atoms with E-state index in [0.29, 0.717) is 0 Å². The third-order valence-corrected chi connectivity index (χ3v) is 6.31. The van der Waals surface area contributed by atoms with Crippen molar-refractivity contribution < 1.29 is 0 Å². The van der Waals surface area contributed by atoms with E-state index >= 15 is 0 Å². The minimum atomic E-state index is 1.04. The van der Waals surface area contributed by atoms with Crippen molar-refractivity contribution in [2.45, 2.75) is 58.8 Å². The van der Waals surface area contributed by atoms with Crippen LogP contribution in [-0.2, 0) is 12.8 Å². The van der Waals surface area contributed by atoms with Crippen molar-refractivity contribution in [1.82, 2.24) is 4.98 Å². The number of nitrogens with zero attached hydrogens (tertiary/aromatic N) is 1. The lowest BCUT2D eigenvalue weighted by molar-refractivity contribution is 0.613. The Morgan fingerprint density at radius 1 is 0.515 bits per heavy atom. The minimum absolute atomic E-state index is 1.04. The Hall–Kier alpha value is -3.19. The van der Waals surface area contributed by atoms with Crippen LogP contribution in [0.1, 0.15) is 54.4 Å². The molecule has 0 aliphatic heterocycles. The molecule has 0 spiro atoms. The summed E-state index contributed by atoms with van der Waals surface area (Å²) in [5.41, 5.74) is 10.1. The molecule has 0 saturated carbocycles. The number of pyridine rings is 1. The summed E-state index contributed by atoms with van der Waals surface area (Å²) in [6.45, 7) is 4.28. The minimum Gasteiger partial charge on any atom is -0.256 e. The van der Waals surface area contributed by atoms with Gasteiger partial charge in [0.2, 0.25) is 0 Å². The van der Waals surface area contributed by atoms with Gasteiger partial charge in [-0.1, -0.05) is 97.1 Å². The molecule has 3 aromatic carbocycles. The fourth-order valence-corrected chi connectivity index (χ4v) is 4.60. The van der Waals surface area contributed by atoms with Crippen molar-refractivity contribution in [3.05, 3.63) is 113 Å². The highest BCUT2D eigenvalue weighted by atomic mass is 14.7. The Bertz CT molecular complexity index is 1120. The van der Waals surface area contributed by atoms with Gasteiger partial charge in [-0.05, 0) is 74.4 Å². The second-order valence-corrected chi connectivity index (χ2v) is 9.26. The lowest BCUT2D eigenvalue weighted by Crippen LogP contribution is -1.90. The number of rotatable bonds is 10. The summed E-state index contributed by atoms with van der Waals surface area (Å²) in [5, 5.41) is 0. The maximum atomic E-state index is 4.76. The maximum Gasteiger partial charge on any atom is 0.0702 e. The van der Waals surface area contributed by atoms with Crippen LogP contribution in [0.5, 0.6) is 0 Å². The van der Waals surface area contributed by atoms with E-state index in [1.54, 1.807) is 0 Å². The summed E-state index contributed by atoms with van der Waals surface area (Å²) in [4.78, 5) is 4.76. The first-order valence-electron chi connectivity index (χ1n) is 12.4. The number of hydrogen-bond acceptors (Lipinski definition) is 1. The Morgan fingerprint density at radius 3 is 1.88 bits per heavy atom. The molecule has 4 rings (SSSR count). The van der Waals surface area contributed by atoms with Gasteiger partial charge in [0.1, 0.15) is 0 Å². The number of unbranched alkanes of at least 4 members (excludes halogenated alkanes) is 4. The van der Waals surface area contributed by atoms with E-state index in [-0.39, 0.29) is 0 Å². The predicted octanol–water partition coefficient (Wildman–Crippen LogP) is 8.77. The van der Waals surface area contributed by atoms with Crippen molar-refractivity contribution in [3.63, 3.8) is 0 Å². The van der Waals surface area contributed by atoms with Crippen molar-refractivity contribution in [1.29, 1.82) is 0 Å². The van der Waals surface area contributed by atoms with E-state index in [0.717, 1.165) is 12.1 Å². The van der Waals surface area contributed by atoms with Crippen LogP contribution < -0.4 is 0 Å². The Labute approximate surface area is 199 Å². The van der Waals surface area contributed by atoms with Crippen LogP contribution in [0.3, 0.4) is 0 Å². The summed E-state index contributed by atoms with van der Waals surface area (Å²) in [6, 6.07) is 30.8. The van der Waals surface area contributed by atoms with Gasteiger partial charge in [0.15, 0.2) is 0 Å². The van der Waals surface area contributed by atoms with Crippen molar-refractivity contribution in [2.24, 2.45) is 0 Å². The number of aryl methyl sites for hydroxylation is 4. The van der Waals surface area contributed by atoms with E-state index in [9.17, 15) is 0 Å². The molecule has 0 radical (unpaired) electrons. The standard InChI is InChI=1S/C32H35N/c1-25-20-26(2)22-31(21-25)32-19-18-30(24-33-32)29-17-11-16-28(23-29)15-8-5-3-4-7-12-27-13-9-6-10-14-27/h6,9-11,13-14,16-24H,3-5,7-8,12,15H2,1-2H3. The summed E-state index contributed by atoms with van der Waals surface area (Å²) >= 11 is 0. The van der Waals surface area contributed by atoms with Crippen LogP contribution >= 0.6 is 0 Å². The van der Waals surface area contributed by atoms with E-state index in [1.807, 2.05) is 6.20 Å². The molecule has 0 fully saturated rings.